The van der Waals surface area contributed by atoms with E-state index in [9.17, 15) is 9.59 Å². The molecule has 156 valence electrons. The average molecular weight is 429 g/mol. The van der Waals surface area contributed by atoms with Crippen molar-refractivity contribution in [3.8, 4) is 0 Å². The van der Waals surface area contributed by atoms with Gasteiger partial charge in [-0.15, -0.1) is 5.06 Å². The molecule has 7 nitrogen and oxygen atoms in total. The second kappa shape index (κ2) is 8.01. The minimum atomic E-state index is -1.03. The zero-order valence-electron chi connectivity index (χ0n) is 16.6. The molecule has 30 heavy (non-hydrogen) atoms. The summed E-state index contributed by atoms with van der Waals surface area (Å²) in [5, 5.41) is 2.27. The molecule has 1 saturated heterocycles. The van der Waals surface area contributed by atoms with E-state index in [-0.39, 0.29) is 17.9 Å². The Labute approximate surface area is 179 Å². The summed E-state index contributed by atoms with van der Waals surface area (Å²) in [6.07, 6.45) is 0. The fraction of sp³-hybridized carbons (Fsp3) is 0.273. The van der Waals surface area contributed by atoms with Crippen molar-refractivity contribution in [3.05, 3.63) is 76.5 Å². The first-order chi connectivity index (χ1) is 14.5. The monoisotopic (exact) mass is 428 g/mol. The zero-order valence-corrected chi connectivity index (χ0v) is 17.4. The molecule has 0 aromatic heterocycles. The summed E-state index contributed by atoms with van der Waals surface area (Å²) in [5.41, 5.74) is 0.817. The van der Waals surface area contributed by atoms with Crippen LogP contribution in [0.1, 0.15) is 12.5 Å². The third kappa shape index (κ3) is 3.20. The first-order valence-corrected chi connectivity index (χ1v) is 9.91. The van der Waals surface area contributed by atoms with Crippen LogP contribution in [0.5, 0.6) is 0 Å². The number of methoxy groups -OCH3 is 1. The summed E-state index contributed by atoms with van der Waals surface area (Å²) in [6, 6.07) is 16.9. The summed E-state index contributed by atoms with van der Waals surface area (Å²) in [5.74, 6) is -1.47. The second-order valence-corrected chi connectivity index (χ2v) is 7.36. The van der Waals surface area contributed by atoms with Gasteiger partial charge in [-0.1, -0.05) is 41.9 Å². The van der Waals surface area contributed by atoms with Gasteiger partial charge in [-0.25, -0.2) is 9.59 Å². The third-order valence-electron chi connectivity index (χ3n) is 5.28. The fourth-order valence-corrected chi connectivity index (χ4v) is 4.08. The highest BCUT2D eigenvalue weighted by Crippen LogP contribution is 2.49. The van der Waals surface area contributed by atoms with Crippen molar-refractivity contribution in [3.63, 3.8) is 0 Å². The number of rotatable bonds is 5. The average Bonchev–Trinajstić information content (AvgIpc) is 3.28. The first-order valence-electron chi connectivity index (χ1n) is 9.53. The molecule has 2 aliphatic rings. The minimum absolute atomic E-state index is 0.131. The zero-order chi connectivity index (χ0) is 21.3. The van der Waals surface area contributed by atoms with Gasteiger partial charge in [-0.05, 0) is 36.8 Å². The van der Waals surface area contributed by atoms with E-state index in [0.717, 1.165) is 11.3 Å². The molecule has 0 spiro atoms. The Morgan fingerprint density at radius 2 is 1.80 bits per heavy atom. The molecule has 0 saturated carbocycles. The van der Waals surface area contributed by atoms with Crippen LogP contribution >= 0.6 is 11.6 Å². The van der Waals surface area contributed by atoms with Crippen molar-refractivity contribution in [2.45, 2.75) is 12.5 Å². The molecule has 1 atom stereocenters. The number of esters is 2. The predicted molar refractivity (Wildman–Crippen MR) is 110 cm³/mol. The highest BCUT2D eigenvalue weighted by atomic mass is 35.5. The van der Waals surface area contributed by atoms with E-state index in [4.69, 9.17) is 25.9 Å². The van der Waals surface area contributed by atoms with Gasteiger partial charge in [0, 0.05) is 17.3 Å². The molecular formula is C22H21ClN2O5. The lowest BCUT2D eigenvalue weighted by Gasteiger charge is -2.30. The van der Waals surface area contributed by atoms with Crippen LogP contribution in [0.3, 0.4) is 0 Å². The smallest absolute Gasteiger partial charge is 0.376 e. The predicted octanol–water partition coefficient (Wildman–Crippen LogP) is 3.25. The molecule has 2 aromatic carbocycles. The number of fused-ring (bicyclic) bond motifs is 1. The number of benzene rings is 2. The molecular weight excluding hydrogens is 408 g/mol. The van der Waals surface area contributed by atoms with Gasteiger partial charge in [-0.2, -0.15) is 0 Å². The minimum Gasteiger partial charge on any atom is -0.465 e. The molecule has 0 radical (unpaired) electrons. The van der Waals surface area contributed by atoms with E-state index in [0.29, 0.717) is 18.2 Å². The fourth-order valence-electron chi connectivity index (χ4n) is 3.95. The van der Waals surface area contributed by atoms with Crippen molar-refractivity contribution >= 4 is 29.2 Å². The number of halogens is 1. The highest BCUT2D eigenvalue weighted by Gasteiger charge is 2.60. The number of carbonyl (C=O) groups is 2. The Kier molecular flexibility index (Phi) is 5.40. The van der Waals surface area contributed by atoms with E-state index < -0.39 is 17.5 Å². The van der Waals surface area contributed by atoms with E-state index >= 15 is 0 Å². The van der Waals surface area contributed by atoms with Gasteiger partial charge in [0.25, 0.3) is 0 Å². The van der Waals surface area contributed by atoms with Crippen molar-refractivity contribution in [2.75, 3.05) is 31.8 Å². The van der Waals surface area contributed by atoms with Gasteiger partial charge in [0.15, 0.2) is 0 Å². The highest BCUT2D eigenvalue weighted by molar-refractivity contribution is 6.30. The molecule has 2 aromatic rings. The molecule has 1 fully saturated rings. The van der Waals surface area contributed by atoms with Gasteiger partial charge in [0.2, 0.25) is 5.76 Å². The van der Waals surface area contributed by atoms with Crippen LogP contribution in [0.2, 0.25) is 5.02 Å². The van der Waals surface area contributed by atoms with Crippen LogP contribution in [0, 0.1) is 0 Å². The second-order valence-electron chi connectivity index (χ2n) is 6.93. The van der Waals surface area contributed by atoms with Crippen LogP contribution in [-0.2, 0) is 29.4 Å². The summed E-state index contributed by atoms with van der Waals surface area (Å²) in [4.78, 5) is 33.5. The molecule has 8 heteroatoms. The van der Waals surface area contributed by atoms with Crippen LogP contribution in [0.25, 0.3) is 0 Å². The van der Waals surface area contributed by atoms with Crippen LogP contribution in [-0.4, -0.2) is 43.9 Å². The summed E-state index contributed by atoms with van der Waals surface area (Å²) < 4.78 is 10.2. The summed E-state index contributed by atoms with van der Waals surface area (Å²) >= 11 is 6.03. The number of hydroxylamine groups is 2. The molecule has 0 unspecified atom stereocenters. The van der Waals surface area contributed by atoms with Crippen molar-refractivity contribution in [2.24, 2.45) is 0 Å². The Morgan fingerprint density at radius 1 is 1.10 bits per heavy atom. The lowest BCUT2D eigenvalue weighted by atomic mass is 9.82. The van der Waals surface area contributed by atoms with E-state index in [1.54, 1.807) is 24.1 Å². The number of anilines is 1. The maximum atomic E-state index is 12.9. The number of hydrogen-bond acceptors (Lipinski definition) is 7. The number of ether oxygens (including phenoxy) is 2. The standard InChI is InChI=1S/C22H21ClN2O5/c1-3-29-21(27)19-18(20(26)28-2)22(15-7-5-4-6-8-15)13-24(14-25(22)30-19)17-11-9-16(23)10-12-17/h4-12H,3,13-14H2,1-2H3/t22-/m0/s1. The largest absolute Gasteiger partial charge is 0.465 e. The lowest BCUT2D eigenvalue weighted by molar-refractivity contribution is -0.163. The SMILES string of the molecule is CCOC(=O)C1=C(C(=O)OC)[C@@]2(c3ccccc3)CN(c3ccc(Cl)cc3)CN2O1. The topological polar surface area (TPSA) is 68.3 Å². The Bertz CT molecular complexity index is 992. The van der Waals surface area contributed by atoms with Gasteiger partial charge >= 0.3 is 11.9 Å². The summed E-state index contributed by atoms with van der Waals surface area (Å²) in [6.45, 7) is 2.54. The molecule has 2 heterocycles. The molecule has 2 aliphatic heterocycles. The van der Waals surface area contributed by atoms with Crippen molar-refractivity contribution < 1.29 is 23.9 Å². The third-order valence-corrected chi connectivity index (χ3v) is 5.53. The van der Waals surface area contributed by atoms with E-state index in [1.165, 1.54) is 7.11 Å². The van der Waals surface area contributed by atoms with Crippen LogP contribution < -0.4 is 4.90 Å². The van der Waals surface area contributed by atoms with Gasteiger partial charge in [0.1, 0.15) is 17.8 Å². The normalized spacial score (nSPS) is 20.7. The lowest BCUT2D eigenvalue weighted by Crippen LogP contribution is -2.42. The van der Waals surface area contributed by atoms with E-state index in [2.05, 4.69) is 0 Å². The maximum absolute atomic E-state index is 12.9. The molecule has 0 aliphatic carbocycles. The molecule has 0 N–H and O–H groups in total. The molecule has 4 rings (SSSR count). The van der Waals surface area contributed by atoms with Crippen LogP contribution in [0.4, 0.5) is 5.69 Å². The number of nitrogens with zero attached hydrogens (tertiary/aromatic N) is 2. The van der Waals surface area contributed by atoms with Crippen molar-refractivity contribution in [1.82, 2.24) is 5.06 Å². The number of carbonyl (C=O) groups excluding carboxylic acids is 2. The van der Waals surface area contributed by atoms with E-state index in [1.807, 2.05) is 47.4 Å². The van der Waals surface area contributed by atoms with Crippen molar-refractivity contribution in [1.29, 1.82) is 0 Å². The van der Waals surface area contributed by atoms with Gasteiger partial charge < -0.3 is 19.2 Å². The Hall–Kier alpha value is -3.03. The summed E-state index contributed by atoms with van der Waals surface area (Å²) in [7, 11) is 1.28. The number of hydrogen-bond donors (Lipinski definition) is 0. The molecule has 0 amide bonds. The molecule has 0 bridgehead atoms. The van der Waals surface area contributed by atoms with Gasteiger partial charge in [0.05, 0.1) is 13.7 Å². The Morgan fingerprint density at radius 3 is 2.43 bits per heavy atom. The first kappa shape index (κ1) is 20.3. The maximum Gasteiger partial charge on any atom is 0.376 e. The van der Waals surface area contributed by atoms with Gasteiger partial charge in [-0.3, -0.25) is 0 Å². The quantitative estimate of drug-likeness (QED) is 0.677. The van der Waals surface area contributed by atoms with Crippen LogP contribution in [0.15, 0.2) is 65.9 Å². The Balaban J connectivity index is 1.86.